The molecule has 0 aromatic heterocycles. The van der Waals surface area contributed by atoms with Crippen LogP contribution in [0.25, 0.3) is 0 Å². The first kappa shape index (κ1) is 13.6. The molecular weight excluding hydrogens is 219 g/mol. The van der Waals surface area contributed by atoms with E-state index < -0.39 is 0 Å². The minimum Gasteiger partial charge on any atom is -0.350 e. The fraction of sp³-hybridized carbons (Fsp3) is 0.462. The van der Waals surface area contributed by atoms with Crippen molar-refractivity contribution in [2.75, 3.05) is 13.6 Å². The van der Waals surface area contributed by atoms with Crippen LogP contribution in [-0.2, 0) is 4.79 Å². The number of hydrogen-bond acceptors (Lipinski definition) is 2. The van der Waals surface area contributed by atoms with Gasteiger partial charge in [-0.15, -0.1) is 0 Å². The summed E-state index contributed by atoms with van der Waals surface area (Å²) in [6.45, 7) is 4.21. The zero-order valence-electron chi connectivity index (χ0n) is 10.5. The lowest BCUT2D eigenvalue weighted by Crippen LogP contribution is -2.29. The predicted octanol–water partition coefficient (Wildman–Crippen LogP) is 1.92. The Morgan fingerprint density at radius 2 is 2.18 bits per heavy atom. The molecule has 0 saturated heterocycles. The van der Waals surface area contributed by atoms with Crippen LogP contribution in [0.5, 0.6) is 0 Å². The van der Waals surface area contributed by atoms with Gasteiger partial charge in [0.2, 0.25) is 5.91 Å². The first-order valence-corrected chi connectivity index (χ1v) is 5.74. The van der Waals surface area contributed by atoms with Gasteiger partial charge >= 0.3 is 0 Å². The van der Waals surface area contributed by atoms with Crippen molar-refractivity contribution in [3.8, 4) is 0 Å². The molecule has 0 bridgehead atoms. The first-order chi connectivity index (χ1) is 8.04. The van der Waals surface area contributed by atoms with E-state index in [0.29, 0.717) is 18.5 Å². The Labute approximate surface area is 101 Å². The molecule has 17 heavy (non-hydrogen) atoms. The third-order valence-electron chi connectivity index (χ3n) is 2.68. The predicted molar refractivity (Wildman–Crippen MR) is 66.2 cm³/mol. The van der Waals surface area contributed by atoms with Gasteiger partial charge in [0.05, 0.1) is 6.04 Å². The molecule has 0 aliphatic heterocycles. The van der Waals surface area contributed by atoms with E-state index in [4.69, 9.17) is 0 Å². The number of carbonyl (C=O) groups excluding carboxylic acids is 1. The number of aryl methyl sites for hydroxylation is 1. The second kappa shape index (κ2) is 6.35. The molecule has 0 fully saturated rings. The highest BCUT2D eigenvalue weighted by Crippen LogP contribution is 2.16. The second-order valence-corrected chi connectivity index (χ2v) is 4.15. The fourth-order valence-corrected chi connectivity index (χ4v) is 1.51. The maximum Gasteiger partial charge on any atom is 0.221 e. The molecule has 94 valence electrons. The van der Waals surface area contributed by atoms with Gasteiger partial charge in [-0.3, -0.25) is 4.79 Å². The summed E-state index contributed by atoms with van der Waals surface area (Å²) in [7, 11) is 1.80. The Hall–Kier alpha value is -1.42. The zero-order chi connectivity index (χ0) is 12.8. The maximum absolute atomic E-state index is 13.4. The second-order valence-electron chi connectivity index (χ2n) is 4.15. The van der Waals surface area contributed by atoms with Crippen LogP contribution in [0.1, 0.15) is 30.5 Å². The summed E-state index contributed by atoms with van der Waals surface area (Å²) in [5.74, 6) is -0.272. The topological polar surface area (TPSA) is 41.1 Å². The Kier molecular flexibility index (Phi) is 5.10. The van der Waals surface area contributed by atoms with E-state index in [2.05, 4.69) is 10.6 Å². The van der Waals surface area contributed by atoms with E-state index in [1.165, 1.54) is 6.07 Å². The van der Waals surface area contributed by atoms with Crippen LogP contribution in [-0.4, -0.2) is 19.5 Å². The lowest BCUT2D eigenvalue weighted by Gasteiger charge is -2.15. The van der Waals surface area contributed by atoms with Crippen LogP contribution in [0.4, 0.5) is 4.39 Å². The average molecular weight is 238 g/mol. The maximum atomic E-state index is 13.4. The number of carbonyl (C=O) groups is 1. The summed E-state index contributed by atoms with van der Waals surface area (Å²) in [6, 6.07) is 4.86. The van der Waals surface area contributed by atoms with E-state index in [9.17, 15) is 9.18 Å². The van der Waals surface area contributed by atoms with Gasteiger partial charge < -0.3 is 10.6 Å². The number of nitrogens with one attached hydrogen (secondary N) is 2. The van der Waals surface area contributed by atoms with E-state index in [0.717, 1.165) is 5.56 Å². The SMILES string of the molecule is CNCCC(=O)NC(C)c1ccc(C)c(F)c1. The Balaban J connectivity index is 2.60. The van der Waals surface area contributed by atoms with Gasteiger partial charge in [0.25, 0.3) is 0 Å². The van der Waals surface area contributed by atoms with Crippen molar-refractivity contribution in [1.29, 1.82) is 0 Å². The average Bonchev–Trinajstić information content (AvgIpc) is 2.30. The van der Waals surface area contributed by atoms with Crippen molar-refractivity contribution < 1.29 is 9.18 Å². The molecule has 3 nitrogen and oxygen atoms in total. The molecule has 1 aromatic carbocycles. The zero-order valence-corrected chi connectivity index (χ0v) is 10.5. The molecular formula is C13H19FN2O. The van der Waals surface area contributed by atoms with Crippen molar-refractivity contribution in [2.45, 2.75) is 26.3 Å². The van der Waals surface area contributed by atoms with Crippen molar-refractivity contribution in [3.05, 3.63) is 35.1 Å². The standard InChI is InChI=1S/C13H19FN2O/c1-9-4-5-11(8-12(9)14)10(2)16-13(17)6-7-15-3/h4-5,8,10,15H,6-7H2,1-3H3,(H,16,17). The van der Waals surface area contributed by atoms with Crippen LogP contribution < -0.4 is 10.6 Å². The van der Waals surface area contributed by atoms with Crippen LogP contribution in [0, 0.1) is 12.7 Å². The fourth-order valence-electron chi connectivity index (χ4n) is 1.51. The van der Waals surface area contributed by atoms with Crippen LogP contribution >= 0.6 is 0 Å². The first-order valence-electron chi connectivity index (χ1n) is 5.74. The summed E-state index contributed by atoms with van der Waals surface area (Å²) in [5, 5.41) is 5.74. The van der Waals surface area contributed by atoms with Crippen LogP contribution in [0.15, 0.2) is 18.2 Å². The number of halogens is 1. The summed E-state index contributed by atoms with van der Waals surface area (Å²) in [5.41, 5.74) is 1.40. The van der Waals surface area contributed by atoms with Gasteiger partial charge in [-0.1, -0.05) is 12.1 Å². The molecule has 4 heteroatoms. The Morgan fingerprint density at radius 3 is 2.76 bits per heavy atom. The number of amides is 1. The van der Waals surface area contributed by atoms with Gasteiger partial charge in [0, 0.05) is 13.0 Å². The molecule has 1 unspecified atom stereocenters. The molecule has 2 N–H and O–H groups in total. The van der Waals surface area contributed by atoms with Gasteiger partial charge in [-0.25, -0.2) is 4.39 Å². The molecule has 0 radical (unpaired) electrons. The number of hydrogen-bond donors (Lipinski definition) is 2. The summed E-state index contributed by atoms with van der Waals surface area (Å²) in [4.78, 5) is 11.5. The van der Waals surface area contributed by atoms with Gasteiger partial charge in [0.15, 0.2) is 0 Å². The molecule has 0 aliphatic carbocycles. The molecule has 0 saturated carbocycles. The molecule has 0 aliphatic rings. The number of rotatable bonds is 5. The Bertz CT molecular complexity index is 393. The van der Waals surface area contributed by atoms with E-state index in [1.54, 1.807) is 20.0 Å². The highest BCUT2D eigenvalue weighted by atomic mass is 19.1. The smallest absolute Gasteiger partial charge is 0.221 e. The minimum atomic E-state index is -0.237. The third kappa shape index (κ3) is 4.15. The number of benzene rings is 1. The van der Waals surface area contributed by atoms with Gasteiger partial charge in [-0.05, 0) is 38.1 Å². The molecule has 1 rings (SSSR count). The third-order valence-corrected chi connectivity index (χ3v) is 2.68. The summed E-state index contributed by atoms with van der Waals surface area (Å²) in [6.07, 6.45) is 0.426. The quantitative estimate of drug-likeness (QED) is 0.823. The normalized spacial score (nSPS) is 12.2. The van der Waals surface area contributed by atoms with E-state index in [-0.39, 0.29) is 17.8 Å². The molecule has 1 aromatic rings. The molecule has 0 heterocycles. The lowest BCUT2D eigenvalue weighted by molar-refractivity contribution is -0.121. The van der Waals surface area contributed by atoms with Crippen molar-refractivity contribution >= 4 is 5.91 Å². The van der Waals surface area contributed by atoms with Crippen LogP contribution in [0.2, 0.25) is 0 Å². The monoisotopic (exact) mass is 238 g/mol. The van der Waals surface area contributed by atoms with Crippen molar-refractivity contribution in [3.63, 3.8) is 0 Å². The Morgan fingerprint density at radius 1 is 1.47 bits per heavy atom. The highest BCUT2D eigenvalue weighted by molar-refractivity contribution is 5.76. The van der Waals surface area contributed by atoms with Crippen molar-refractivity contribution in [1.82, 2.24) is 10.6 Å². The van der Waals surface area contributed by atoms with Gasteiger partial charge in [-0.2, -0.15) is 0 Å². The largest absolute Gasteiger partial charge is 0.350 e. The molecule has 0 spiro atoms. The lowest BCUT2D eigenvalue weighted by atomic mass is 10.1. The minimum absolute atomic E-state index is 0.0344. The van der Waals surface area contributed by atoms with Gasteiger partial charge in [0.1, 0.15) is 5.82 Å². The summed E-state index contributed by atoms with van der Waals surface area (Å²) >= 11 is 0. The van der Waals surface area contributed by atoms with Crippen LogP contribution in [0.3, 0.4) is 0 Å². The van der Waals surface area contributed by atoms with Crippen molar-refractivity contribution in [2.24, 2.45) is 0 Å². The summed E-state index contributed by atoms with van der Waals surface area (Å²) < 4.78 is 13.4. The van der Waals surface area contributed by atoms with E-state index >= 15 is 0 Å². The molecule has 1 atom stereocenters. The van der Waals surface area contributed by atoms with E-state index in [1.807, 2.05) is 13.0 Å². The molecule has 1 amide bonds. The highest BCUT2D eigenvalue weighted by Gasteiger charge is 2.10.